The van der Waals surface area contributed by atoms with Crippen molar-refractivity contribution in [2.45, 2.75) is 38.0 Å². The van der Waals surface area contributed by atoms with Gasteiger partial charge in [0.05, 0.1) is 5.75 Å². The first-order valence-electron chi connectivity index (χ1n) is 7.00. The summed E-state index contributed by atoms with van der Waals surface area (Å²) in [6.07, 6.45) is -0.122. The zero-order valence-electron chi connectivity index (χ0n) is 12.6. The summed E-state index contributed by atoms with van der Waals surface area (Å²) >= 11 is 1.54. The number of thioether (sulfide) groups is 1. The van der Waals surface area contributed by atoms with Crippen LogP contribution in [0.25, 0.3) is 0 Å². The predicted molar refractivity (Wildman–Crippen MR) is 81.7 cm³/mol. The maximum Gasteiger partial charge on any atom is 0.233 e. The van der Waals surface area contributed by atoms with E-state index in [2.05, 4.69) is 32.9 Å². The zero-order chi connectivity index (χ0) is 15.6. The molecule has 0 radical (unpaired) electrons. The van der Waals surface area contributed by atoms with Crippen LogP contribution in [0.15, 0.2) is 24.3 Å². The smallest absolute Gasteiger partial charge is 0.233 e. The van der Waals surface area contributed by atoms with Crippen molar-refractivity contribution in [2.75, 3.05) is 12.3 Å². The molecule has 21 heavy (non-hydrogen) atoms. The Labute approximate surface area is 129 Å². The Morgan fingerprint density at radius 2 is 1.95 bits per heavy atom. The van der Waals surface area contributed by atoms with Crippen molar-refractivity contribution < 1.29 is 14.7 Å². The first-order chi connectivity index (χ1) is 9.79. The molecule has 1 fully saturated rings. The Bertz CT molecular complexity index is 533. The van der Waals surface area contributed by atoms with Crippen molar-refractivity contribution >= 4 is 23.6 Å². The van der Waals surface area contributed by atoms with Crippen molar-refractivity contribution in [1.29, 1.82) is 0 Å². The summed E-state index contributed by atoms with van der Waals surface area (Å²) in [7, 11) is 0. The second-order valence-electron chi connectivity index (χ2n) is 6.24. The molecule has 4 nitrogen and oxygen atoms in total. The number of benzene rings is 1. The molecule has 2 rings (SSSR count). The number of aliphatic carboxylic acids is 1. The highest BCUT2D eigenvalue weighted by Gasteiger charge is 2.32. The third kappa shape index (κ3) is 3.79. The summed E-state index contributed by atoms with van der Waals surface area (Å²) in [6, 6.07) is 8.22. The maximum absolute atomic E-state index is 11.9. The van der Waals surface area contributed by atoms with E-state index in [1.165, 1.54) is 17.3 Å². The van der Waals surface area contributed by atoms with Crippen LogP contribution in [0.2, 0.25) is 0 Å². The molecule has 0 saturated carbocycles. The number of hydrogen-bond donors (Lipinski definition) is 0. The van der Waals surface area contributed by atoms with Gasteiger partial charge in [0.1, 0.15) is 5.37 Å². The number of carboxylic acid groups (broad SMARTS) is 1. The van der Waals surface area contributed by atoms with E-state index in [0.29, 0.717) is 5.75 Å². The van der Waals surface area contributed by atoms with Crippen molar-refractivity contribution in [3.8, 4) is 0 Å². The highest BCUT2D eigenvalue weighted by molar-refractivity contribution is 8.00. The lowest BCUT2D eigenvalue weighted by Crippen LogP contribution is -2.33. The van der Waals surface area contributed by atoms with Crippen molar-refractivity contribution in [3.63, 3.8) is 0 Å². The lowest BCUT2D eigenvalue weighted by molar-refractivity contribution is -0.305. The monoisotopic (exact) mass is 306 g/mol. The third-order valence-electron chi connectivity index (χ3n) is 3.59. The molecule has 0 bridgehead atoms. The van der Waals surface area contributed by atoms with Crippen LogP contribution in [0, 0.1) is 0 Å². The Kier molecular flexibility index (Phi) is 4.61. The molecule has 0 unspecified atom stereocenters. The molecule has 1 heterocycles. The molecular weight excluding hydrogens is 286 g/mol. The van der Waals surface area contributed by atoms with E-state index in [0.717, 1.165) is 5.56 Å². The zero-order valence-corrected chi connectivity index (χ0v) is 13.4. The first-order valence-corrected chi connectivity index (χ1v) is 8.05. The number of rotatable bonds is 4. The number of nitrogens with zero attached hydrogens (tertiary/aromatic N) is 1. The lowest BCUT2D eigenvalue weighted by atomic mass is 9.86. The van der Waals surface area contributed by atoms with Crippen LogP contribution in [0.4, 0.5) is 0 Å². The van der Waals surface area contributed by atoms with E-state index in [1.54, 1.807) is 4.90 Å². The van der Waals surface area contributed by atoms with Gasteiger partial charge >= 0.3 is 0 Å². The minimum Gasteiger partial charge on any atom is -0.550 e. The molecule has 1 saturated heterocycles. The molecule has 1 aliphatic heterocycles. The summed E-state index contributed by atoms with van der Waals surface area (Å²) in [6.45, 7) is 6.67. The van der Waals surface area contributed by atoms with E-state index in [9.17, 15) is 14.7 Å². The van der Waals surface area contributed by atoms with E-state index in [-0.39, 0.29) is 29.7 Å². The summed E-state index contributed by atoms with van der Waals surface area (Å²) in [5, 5.41) is 10.5. The van der Waals surface area contributed by atoms with Gasteiger partial charge in [0.25, 0.3) is 0 Å². The number of carbonyl (C=O) groups is 2. The van der Waals surface area contributed by atoms with Crippen LogP contribution >= 0.6 is 11.8 Å². The van der Waals surface area contributed by atoms with Gasteiger partial charge in [-0.05, 0) is 16.5 Å². The van der Waals surface area contributed by atoms with Crippen LogP contribution in [-0.4, -0.2) is 29.1 Å². The molecule has 5 heteroatoms. The Balaban J connectivity index is 2.16. The van der Waals surface area contributed by atoms with Crippen LogP contribution in [-0.2, 0) is 15.0 Å². The summed E-state index contributed by atoms with van der Waals surface area (Å²) in [5.41, 5.74) is 2.37. The van der Waals surface area contributed by atoms with Gasteiger partial charge in [-0.2, -0.15) is 0 Å². The van der Waals surface area contributed by atoms with E-state index in [4.69, 9.17) is 0 Å². The van der Waals surface area contributed by atoms with Gasteiger partial charge in [0.2, 0.25) is 5.91 Å². The molecule has 0 aromatic heterocycles. The number of carboxylic acids is 1. The third-order valence-corrected chi connectivity index (χ3v) is 4.84. The quantitative estimate of drug-likeness (QED) is 0.849. The van der Waals surface area contributed by atoms with Gasteiger partial charge in [0, 0.05) is 18.9 Å². The van der Waals surface area contributed by atoms with Crippen molar-refractivity contribution in [3.05, 3.63) is 35.4 Å². The summed E-state index contributed by atoms with van der Waals surface area (Å²) in [5.74, 6) is -0.730. The molecule has 1 aromatic rings. The number of hydrogen-bond acceptors (Lipinski definition) is 4. The molecule has 114 valence electrons. The first kappa shape index (κ1) is 15.9. The van der Waals surface area contributed by atoms with Crippen molar-refractivity contribution in [2.24, 2.45) is 0 Å². The maximum atomic E-state index is 11.9. The highest BCUT2D eigenvalue weighted by Crippen LogP contribution is 2.39. The van der Waals surface area contributed by atoms with E-state index < -0.39 is 5.97 Å². The fraction of sp³-hybridized carbons (Fsp3) is 0.500. The topological polar surface area (TPSA) is 60.4 Å². The van der Waals surface area contributed by atoms with Gasteiger partial charge in [-0.15, -0.1) is 11.8 Å². The molecule has 0 spiro atoms. The van der Waals surface area contributed by atoms with Gasteiger partial charge in [0.15, 0.2) is 0 Å². The SMILES string of the molecule is CC(C)(C)c1ccc([C@@H]2SCC(=O)N2CCC(=O)[O-])cc1. The fourth-order valence-corrected chi connectivity index (χ4v) is 3.55. The molecular formula is C16H20NO3S-. The molecule has 1 atom stereocenters. The minimum absolute atomic E-state index is 0.00820. The van der Waals surface area contributed by atoms with E-state index in [1.807, 2.05) is 12.1 Å². The molecule has 0 aliphatic carbocycles. The van der Waals surface area contributed by atoms with Gasteiger partial charge < -0.3 is 14.8 Å². The number of amides is 1. The Morgan fingerprint density at radius 3 is 2.48 bits per heavy atom. The van der Waals surface area contributed by atoms with Gasteiger partial charge in [-0.1, -0.05) is 45.0 Å². The average Bonchev–Trinajstić information content (AvgIpc) is 2.77. The molecule has 1 aliphatic rings. The summed E-state index contributed by atoms with van der Waals surface area (Å²) < 4.78 is 0. The number of carbonyl (C=O) groups excluding carboxylic acids is 2. The minimum atomic E-state index is -1.12. The molecule has 1 aromatic carbocycles. The average molecular weight is 306 g/mol. The van der Waals surface area contributed by atoms with E-state index >= 15 is 0 Å². The van der Waals surface area contributed by atoms with Gasteiger partial charge in [-0.3, -0.25) is 4.79 Å². The normalized spacial score (nSPS) is 19.1. The molecule has 0 N–H and O–H groups in total. The lowest BCUT2D eigenvalue weighted by Gasteiger charge is -2.25. The Hall–Kier alpha value is -1.49. The van der Waals surface area contributed by atoms with Crippen molar-refractivity contribution in [1.82, 2.24) is 4.90 Å². The fourth-order valence-electron chi connectivity index (χ4n) is 2.33. The van der Waals surface area contributed by atoms with Crippen LogP contribution in [0.1, 0.15) is 43.7 Å². The molecule has 1 amide bonds. The highest BCUT2D eigenvalue weighted by atomic mass is 32.2. The van der Waals surface area contributed by atoms with Crippen LogP contribution < -0.4 is 5.11 Å². The summed E-state index contributed by atoms with van der Waals surface area (Å²) in [4.78, 5) is 24.1. The second-order valence-corrected chi connectivity index (χ2v) is 7.31. The van der Waals surface area contributed by atoms with Gasteiger partial charge in [-0.25, -0.2) is 0 Å². The van der Waals surface area contributed by atoms with Crippen LogP contribution in [0.3, 0.4) is 0 Å². The Morgan fingerprint density at radius 1 is 1.33 bits per heavy atom. The predicted octanol–water partition coefficient (Wildman–Crippen LogP) is 1.70. The van der Waals surface area contributed by atoms with Crippen LogP contribution in [0.5, 0.6) is 0 Å². The largest absolute Gasteiger partial charge is 0.550 e. The second kappa shape index (κ2) is 6.10. The standard InChI is InChI=1S/C16H21NO3S/c1-16(2,3)12-6-4-11(5-7-12)15-17(9-8-14(19)20)13(18)10-21-15/h4-7,15H,8-10H2,1-3H3,(H,19,20)/p-1/t15-/m0/s1.